The van der Waals surface area contributed by atoms with Gasteiger partial charge in [0.15, 0.2) is 0 Å². The van der Waals surface area contributed by atoms with Crippen LogP contribution in [0.1, 0.15) is 5.56 Å². The molecule has 0 atom stereocenters. The highest BCUT2D eigenvalue weighted by molar-refractivity contribution is 5.82. The molecule has 0 aliphatic heterocycles. The van der Waals surface area contributed by atoms with Crippen LogP contribution in [-0.2, 0) is 11.0 Å². The van der Waals surface area contributed by atoms with E-state index >= 15 is 0 Å². The van der Waals surface area contributed by atoms with Crippen molar-refractivity contribution in [3.63, 3.8) is 0 Å². The maximum absolute atomic E-state index is 11.8. The standard InChI is InChI=1S/C7H3F3.CHNO/c8-7(9,10)6-2-4-1-5(4)3-6;2-1-3/h1-3H;2H. The van der Waals surface area contributed by atoms with Gasteiger partial charge in [-0.05, 0) is 29.3 Å². The SMILES string of the molecule is FC(F)(F)c1cc2cc-2c1.N=C=O. The largest absolute Gasteiger partial charge is 0.416 e. The maximum atomic E-state index is 11.8. The van der Waals surface area contributed by atoms with Crippen molar-refractivity contribution in [1.29, 1.82) is 5.41 Å². The molecule has 2 aliphatic carbocycles. The van der Waals surface area contributed by atoms with Crippen LogP contribution in [0.15, 0.2) is 18.2 Å². The number of hydrogen-bond donors (Lipinski definition) is 1. The average molecular weight is 187 g/mol. The molecule has 0 radical (unpaired) electrons. The molecule has 0 saturated carbocycles. The van der Waals surface area contributed by atoms with E-state index in [-0.39, 0.29) is 0 Å². The quantitative estimate of drug-likeness (QED) is 0.499. The fourth-order valence-electron chi connectivity index (χ4n) is 0.922. The molecule has 2 aliphatic rings. The first-order valence-electron chi connectivity index (χ1n) is 3.25. The normalized spacial score (nSPS) is 11.0. The van der Waals surface area contributed by atoms with Crippen molar-refractivity contribution in [2.45, 2.75) is 6.18 Å². The van der Waals surface area contributed by atoms with E-state index in [4.69, 9.17) is 10.2 Å². The summed E-state index contributed by atoms with van der Waals surface area (Å²) in [4.78, 5) is 8.35. The van der Waals surface area contributed by atoms with Crippen molar-refractivity contribution >= 4 is 6.08 Å². The number of isocyanates is 1. The van der Waals surface area contributed by atoms with Gasteiger partial charge < -0.3 is 0 Å². The molecule has 2 rings (SSSR count). The number of fused-ring (bicyclic) bond motifs is 1. The smallest absolute Gasteiger partial charge is 0.222 e. The van der Waals surface area contributed by atoms with E-state index in [0.29, 0.717) is 0 Å². The molecule has 0 aromatic heterocycles. The third-order valence-corrected chi connectivity index (χ3v) is 1.51. The minimum absolute atomic E-state index is 0.528. The number of rotatable bonds is 0. The topological polar surface area (TPSA) is 40.9 Å². The second-order valence-electron chi connectivity index (χ2n) is 2.40. The van der Waals surface area contributed by atoms with Crippen LogP contribution in [-0.4, -0.2) is 6.08 Å². The van der Waals surface area contributed by atoms with Gasteiger partial charge >= 0.3 is 6.18 Å². The molecule has 0 unspecified atom stereocenters. The van der Waals surface area contributed by atoms with E-state index in [0.717, 1.165) is 29.3 Å². The third-order valence-electron chi connectivity index (χ3n) is 1.51. The van der Waals surface area contributed by atoms with Crippen LogP contribution < -0.4 is 0 Å². The van der Waals surface area contributed by atoms with Crippen LogP contribution in [0.5, 0.6) is 0 Å². The van der Waals surface area contributed by atoms with Gasteiger partial charge in [0.1, 0.15) is 0 Å². The van der Waals surface area contributed by atoms with E-state index in [2.05, 4.69) is 0 Å². The highest BCUT2D eigenvalue weighted by atomic mass is 19.4. The van der Waals surface area contributed by atoms with Gasteiger partial charge in [-0.2, -0.15) is 13.2 Å². The molecule has 0 heterocycles. The predicted molar refractivity (Wildman–Crippen MR) is 38.9 cm³/mol. The molecule has 0 spiro atoms. The first-order valence-corrected chi connectivity index (χ1v) is 3.25. The Kier molecular flexibility index (Phi) is 2.21. The van der Waals surface area contributed by atoms with Crippen molar-refractivity contribution in [3.8, 4) is 11.1 Å². The van der Waals surface area contributed by atoms with Crippen LogP contribution in [0.3, 0.4) is 0 Å². The molecule has 0 saturated heterocycles. The molecule has 13 heavy (non-hydrogen) atoms. The lowest BCUT2D eigenvalue weighted by Crippen LogP contribution is -2.01. The van der Waals surface area contributed by atoms with Crippen molar-refractivity contribution in [1.82, 2.24) is 0 Å². The molecule has 0 fully saturated rings. The van der Waals surface area contributed by atoms with Gasteiger partial charge in [-0.15, -0.1) is 0 Å². The van der Waals surface area contributed by atoms with Gasteiger partial charge in [0, 0.05) is 0 Å². The van der Waals surface area contributed by atoms with Crippen LogP contribution in [0, 0.1) is 5.41 Å². The molecule has 0 aromatic carbocycles. The Morgan fingerprint density at radius 1 is 1.15 bits per heavy atom. The minimum Gasteiger partial charge on any atom is -0.222 e. The number of benzene rings is 1. The molecule has 0 bridgehead atoms. The molecular weight excluding hydrogens is 183 g/mol. The fourth-order valence-corrected chi connectivity index (χ4v) is 0.922. The first kappa shape index (κ1) is 9.48. The predicted octanol–water partition coefficient (Wildman–Crippen LogP) is 2.59. The van der Waals surface area contributed by atoms with Crippen molar-refractivity contribution in [2.24, 2.45) is 0 Å². The summed E-state index contributed by atoms with van der Waals surface area (Å²) >= 11 is 0. The number of carbonyl (C=O) groups excluding carboxylic acids is 1. The third kappa shape index (κ3) is 2.16. The Balaban J connectivity index is 0.000000251. The minimum atomic E-state index is -4.17. The second kappa shape index (κ2) is 3.03. The first-order chi connectivity index (χ1) is 5.99. The number of halogens is 3. The van der Waals surface area contributed by atoms with Crippen molar-refractivity contribution in [3.05, 3.63) is 23.8 Å². The average Bonchev–Trinajstić information content (AvgIpc) is 2.58. The van der Waals surface area contributed by atoms with E-state index < -0.39 is 11.7 Å². The Bertz CT molecular complexity index is 344. The molecule has 0 aromatic rings. The monoisotopic (exact) mass is 187 g/mol. The summed E-state index contributed by atoms with van der Waals surface area (Å²) in [5, 5.41) is 5.40. The summed E-state index contributed by atoms with van der Waals surface area (Å²) in [6.07, 6.45) is -3.42. The second-order valence-corrected chi connectivity index (χ2v) is 2.40. The molecule has 0 amide bonds. The Morgan fingerprint density at radius 2 is 1.54 bits per heavy atom. The molecular formula is C8H4F3NO. The van der Waals surface area contributed by atoms with Gasteiger partial charge in [0.05, 0.1) is 5.56 Å². The van der Waals surface area contributed by atoms with Crippen LogP contribution >= 0.6 is 0 Å². The zero-order chi connectivity index (χ0) is 10.1. The lowest BCUT2D eigenvalue weighted by Gasteiger charge is -2.00. The van der Waals surface area contributed by atoms with Crippen molar-refractivity contribution < 1.29 is 18.0 Å². The summed E-state index contributed by atoms with van der Waals surface area (Å²) in [6, 6.07) is 4.04. The zero-order valence-corrected chi connectivity index (χ0v) is 6.27. The summed E-state index contributed by atoms with van der Waals surface area (Å²) in [5.74, 6) is 0. The lowest BCUT2D eigenvalue weighted by atomic mass is 10.3. The van der Waals surface area contributed by atoms with Gasteiger partial charge in [-0.3, -0.25) is 0 Å². The highest BCUT2D eigenvalue weighted by Crippen LogP contribution is 2.42. The maximum Gasteiger partial charge on any atom is 0.416 e. The Labute approximate surface area is 71.5 Å². The van der Waals surface area contributed by atoms with Crippen LogP contribution in [0.25, 0.3) is 11.1 Å². The highest BCUT2D eigenvalue weighted by Gasteiger charge is 2.34. The van der Waals surface area contributed by atoms with Gasteiger partial charge in [0.25, 0.3) is 0 Å². The van der Waals surface area contributed by atoms with Crippen molar-refractivity contribution in [2.75, 3.05) is 0 Å². The van der Waals surface area contributed by atoms with Crippen LogP contribution in [0.2, 0.25) is 0 Å². The molecule has 68 valence electrons. The summed E-state index contributed by atoms with van der Waals surface area (Å²) in [6.45, 7) is 0. The van der Waals surface area contributed by atoms with E-state index in [1.165, 1.54) is 0 Å². The van der Waals surface area contributed by atoms with E-state index in [1.807, 2.05) is 0 Å². The number of alkyl halides is 3. The van der Waals surface area contributed by atoms with E-state index in [1.54, 1.807) is 6.07 Å². The van der Waals surface area contributed by atoms with E-state index in [9.17, 15) is 13.2 Å². The summed E-state index contributed by atoms with van der Waals surface area (Å²) in [5.41, 5.74) is 0.930. The van der Waals surface area contributed by atoms with Crippen LogP contribution in [0.4, 0.5) is 13.2 Å². The molecule has 2 nitrogen and oxygen atoms in total. The van der Waals surface area contributed by atoms with Gasteiger partial charge in [-0.25, -0.2) is 10.2 Å². The van der Waals surface area contributed by atoms with Gasteiger partial charge in [-0.1, -0.05) is 0 Å². The summed E-state index contributed by atoms with van der Waals surface area (Å²) < 4.78 is 35.4. The molecule has 1 N–H and O–H groups in total. The number of nitrogens with one attached hydrogen (secondary N) is 1. The number of hydrogen-bond acceptors (Lipinski definition) is 2. The van der Waals surface area contributed by atoms with Gasteiger partial charge in [0.2, 0.25) is 6.08 Å². The summed E-state index contributed by atoms with van der Waals surface area (Å²) in [7, 11) is 0. The molecule has 5 heteroatoms. The Morgan fingerprint density at radius 3 is 1.77 bits per heavy atom. The zero-order valence-electron chi connectivity index (χ0n) is 6.27. The fraction of sp³-hybridized carbons (Fsp3) is 0.125. The Hall–Kier alpha value is -1.61. The lowest BCUT2D eigenvalue weighted by molar-refractivity contribution is -0.137.